The Labute approximate surface area is 192 Å². The van der Waals surface area contributed by atoms with Crippen LogP contribution in [0, 0.1) is 0 Å². The Balaban J connectivity index is 1.21. The molecule has 9 nitrogen and oxygen atoms in total. The summed E-state index contributed by atoms with van der Waals surface area (Å²) in [6.45, 7) is 4.76. The van der Waals surface area contributed by atoms with Gasteiger partial charge in [-0.2, -0.15) is 10.1 Å². The standard InChI is InChI=1S/C24H28N4O5/c1-24(30)15-26(16-24)13-17-3-7-20(8-4-17)32-21-11-12-27(21)28-22(14-29)33-23(25-28)18-5-9-19(31-2)10-6-18/h3-10,14,21-22,30H,11-13,15-16H2,1-2H3. The van der Waals surface area contributed by atoms with Crippen molar-refractivity contribution in [3.63, 3.8) is 0 Å². The molecule has 2 saturated heterocycles. The first kappa shape index (κ1) is 21.7. The van der Waals surface area contributed by atoms with Crippen LogP contribution in [0.5, 0.6) is 11.5 Å². The smallest absolute Gasteiger partial charge is 0.260 e. The van der Waals surface area contributed by atoms with Crippen molar-refractivity contribution >= 4 is 12.2 Å². The molecule has 0 aliphatic carbocycles. The van der Waals surface area contributed by atoms with Gasteiger partial charge in [0.05, 0.1) is 12.7 Å². The fraction of sp³-hybridized carbons (Fsp3) is 0.417. The Kier molecular flexibility index (Phi) is 5.69. The summed E-state index contributed by atoms with van der Waals surface area (Å²) in [6, 6.07) is 15.3. The van der Waals surface area contributed by atoms with Gasteiger partial charge in [-0.05, 0) is 48.9 Å². The van der Waals surface area contributed by atoms with Gasteiger partial charge in [-0.1, -0.05) is 12.1 Å². The van der Waals surface area contributed by atoms with Gasteiger partial charge in [-0.25, -0.2) is 0 Å². The summed E-state index contributed by atoms with van der Waals surface area (Å²) >= 11 is 0. The molecule has 0 bridgehead atoms. The van der Waals surface area contributed by atoms with Gasteiger partial charge in [-0.15, -0.1) is 5.10 Å². The van der Waals surface area contributed by atoms with Crippen LogP contribution in [0.2, 0.25) is 0 Å². The molecular formula is C24H28N4O5. The molecule has 9 heteroatoms. The number of aliphatic hydroxyl groups is 1. The van der Waals surface area contributed by atoms with Gasteiger partial charge in [0, 0.05) is 38.2 Å². The van der Waals surface area contributed by atoms with Crippen molar-refractivity contribution < 1.29 is 24.1 Å². The van der Waals surface area contributed by atoms with Crippen LogP contribution in [0.3, 0.4) is 0 Å². The normalized spacial score (nSPS) is 24.3. The van der Waals surface area contributed by atoms with Gasteiger partial charge in [-0.3, -0.25) is 9.69 Å². The average Bonchev–Trinajstić information content (AvgIpc) is 3.20. The topological polar surface area (TPSA) is 87.1 Å². The monoisotopic (exact) mass is 452 g/mol. The van der Waals surface area contributed by atoms with E-state index in [4.69, 9.17) is 14.2 Å². The number of hydrazine groups is 1. The van der Waals surface area contributed by atoms with Crippen molar-refractivity contribution in [1.29, 1.82) is 0 Å². The highest BCUT2D eigenvalue weighted by molar-refractivity contribution is 5.95. The van der Waals surface area contributed by atoms with E-state index in [1.807, 2.05) is 60.5 Å². The van der Waals surface area contributed by atoms with E-state index in [2.05, 4.69) is 10.0 Å². The van der Waals surface area contributed by atoms with E-state index in [-0.39, 0.29) is 6.23 Å². The number of methoxy groups -OCH3 is 1. The number of hydrogen-bond acceptors (Lipinski definition) is 9. The van der Waals surface area contributed by atoms with E-state index >= 15 is 0 Å². The number of nitrogens with zero attached hydrogens (tertiary/aromatic N) is 4. The van der Waals surface area contributed by atoms with Crippen LogP contribution in [0.1, 0.15) is 24.5 Å². The Morgan fingerprint density at radius 2 is 1.85 bits per heavy atom. The third-order valence-electron chi connectivity index (χ3n) is 6.04. The molecule has 0 saturated carbocycles. The van der Waals surface area contributed by atoms with Crippen molar-refractivity contribution in [2.24, 2.45) is 5.10 Å². The van der Waals surface area contributed by atoms with Gasteiger partial charge >= 0.3 is 0 Å². The highest BCUT2D eigenvalue weighted by Gasteiger charge is 2.42. The third kappa shape index (κ3) is 4.52. The predicted molar refractivity (Wildman–Crippen MR) is 120 cm³/mol. The Morgan fingerprint density at radius 1 is 1.15 bits per heavy atom. The summed E-state index contributed by atoms with van der Waals surface area (Å²) in [7, 11) is 1.61. The minimum Gasteiger partial charge on any atom is -0.497 e. The first-order chi connectivity index (χ1) is 15.9. The summed E-state index contributed by atoms with van der Waals surface area (Å²) in [6.07, 6.45) is 0.494. The second-order valence-corrected chi connectivity index (χ2v) is 8.91. The number of hydrazone groups is 1. The number of likely N-dealkylation sites (tertiary alicyclic amines) is 1. The van der Waals surface area contributed by atoms with Crippen LogP contribution in [-0.2, 0) is 16.1 Å². The zero-order chi connectivity index (χ0) is 23.0. The molecule has 3 aliphatic heterocycles. The molecule has 3 heterocycles. The second-order valence-electron chi connectivity index (χ2n) is 8.91. The molecule has 2 aromatic carbocycles. The maximum atomic E-state index is 11.7. The van der Waals surface area contributed by atoms with Crippen LogP contribution < -0.4 is 9.47 Å². The number of carbonyl (C=O) groups is 1. The molecule has 0 aromatic heterocycles. The second kappa shape index (κ2) is 8.66. The van der Waals surface area contributed by atoms with Gasteiger partial charge in [0.15, 0.2) is 12.5 Å². The SMILES string of the molecule is COc1ccc(C2=NN(N3CCC3Oc3ccc(CN4CC(C)(O)C4)cc3)C(C=O)O2)cc1. The minimum atomic E-state index is -0.829. The van der Waals surface area contributed by atoms with E-state index in [1.54, 1.807) is 12.2 Å². The first-order valence-electron chi connectivity index (χ1n) is 11.1. The molecule has 33 heavy (non-hydrogen) atoms. The predicted octanol–water partition coefficient (Wildman–Crippen LogP) is 1.81. The Bertz CT molecular complexity index is 1020. The summed E-state index contributed by atoms with van der Waals surface area (Å²) in [5.74, 6) is 1.88. The number of ether oxygens (including phenoxy) is 3. The lowest BCUT2D eigenvalue weighted by molar-refractivity contribution is -0.218. The fourth-order valence-electron chi connectivity index (χ4n) is 4.30. The molecule has 174 valence electrons. The molecule has 2 aromatic rings. The number of aldehydes is 1. The Hall–Kier alpha value is -3.14. The highest BCUT2D eigenvalue weighted by Crippen LogP contribution is 2.30. The number of carbonyl (C=O) groups excluding carboxylic acids is 1. The van der Waals surface area contributed by atoms with Crippen LogP contribution in [0.25, 0.3) is 0 Å². The van der Waals surface area contributed by atoms with Crippen molar-refractivity contribution in [3.8, 4) is 11.5 Å². The van der Waals surface area contributed by atoms with Gasteiger partial charge in [0.2, 0.25) is 5.90 Å². The van der Waals surface area contributed by atoms with Gasteiger partial charge < -0.3 is 19.3 Å². The first-order valence-corrected chi connectivity index (χ1v) is 11.1. The van der Waals surface area contributed by atoms with E-state index < -0.39 is 11.8 Å². The number of β-amino-alcohol motifs (C(OH)–C–C–N with tert-alkyl or cyclic N) is 1. The molecule has 2 atom stereocenters. The average molecular weight is 453 g/mol. The quantitative estimate of drug-likeness (QED) is 0.607. The maximum absolute atomic E-state index is 11.7. The Morgan fingerprint density at radius 3 is 2.42 bits per heavy atom. The molecule has 0 radical (unpaired) electrons. The van der Waals surface area contributed by atoms with Crippen molar-refractivity contribution in [2.45, 2.75) is 37.9 Å². The van der Waals surface area contributed by atoms with E-state index in [9.17, 15) is 9.90 Å². The summed E-state index contributed by atoms with van der Waals surface area (Å²) < 4.78 is 17.1. The molecule has 3 aliphatic rings. The zero-order valence-electron chi connectivity index (χ0n) is 18.8. The largest absolute Gasteiger partial charge is 0.497 e. The van der Waals surface area contributed by atoms with E-state index in [0.29, 0.717) is 25.5 Å². The number of hydrogen-bond donors (Lipinski definition) is 1. The lowest BCUT2D eigenvalue weighted by Gasteiger charge is -2.44. The molecule has 5 rings (SSSR count). The molecular weight excluding hydrogens is 424 g/mol. The number of rotatable bonds is 8. The summed E-state index contributed by atoms with van der Waals surface area (Å²) in [4.78, 5) is 13.9. The summed E-state index contributed by atoms with van der Waals surface area (Å²) in [5.41, 5.74) is 1.37. The molecule has 2 unspecified atom stereocenters. The van der Waals surface area contributed by atoms with E-state index in [1.165, 1.54) is 5.56 Å². The lowest BCUT2D eigenvalue weighted by atomic mass is 9.96. The summed E-state index contributed by atoms with van der Waals surface area (Å²) in [5, 5.41) is 17.9. The maximum Gasteiger partial charge on any atom is 0.260 e. The molecule has 0 spiro atoms. The number of benzene rings is 2. The van der Waals surface area contributed by atoms with Crippen molar-refractivity contribution in [3.05, 3.63) is 59.7 Å². The molecule has 0 amide bonds. The molecule has 2 fully saturated rings. The minimum absolute atomic E-state index is 0.230. The highest BCUT2D eigenvalue weighted by atomic mass is 16.6. The third-order valence-corrected chi connectivity index (χ3v) is 6.04. The van der Waals surface area contributed by atoms with Crippen LogP contribution in [0.15, 0.2) is 53.6 Å². The fourth-order valence-corrected chi connectivity index (χ4v) is 4.30. The van der Waals surface area contributed by atoms with Crippen LogP contribution >= 0.6 is 0 Å². The lowest BCUT2D eigenvalue weighted by Crippen LogP contribution is -2.60. The zero-order valence-corrected chi connectivity index (χ0v) is 18.8. The van der Waals surface area contributed by atoms with Crippen molar-refractivity contribution in [1.82, 2.24) is 15.0 Å². The molecule has 1 N–H and O–H groups in total. The van der Waals surface area contributed by atoms with E-state index in [0.717, 1.165) is 36.3 Å². The van der Waals surface area contributed by atoms with Crippen molar-refractivity contribution in [2.75, 3.05) is 26.7 Å². The van der Waals surface area contributed by atoms with Gasteiger partial charge in [0.1, 0.15) is 11.5 Å². The van der Waals surface area contributed by atoms with Gasteiger partial charge in [0.25, 0.3) is 6.23 Å². The van der Waals surface area contributed by atoms with Crippen LogP contribution in [-0.4, -0.2) is 77.1 Å². The van der Waals surface area contributed by atoms with Crippen LogP contribution in [0.4, 0.5) is 0 Å².